The van der Waals surface area contributed by atoms with E-state index in [9.17, 15) is 4.79 Å². The lowest BCUT2D eigenvalue weighted by atomic mass is 9.93. The van der Waals surface area contributed by atoms with Crippen LogP contribution in [0.3, 0.4) is 0 Å². The highest BCUT2D eigenvalue weighted by molar-refractivity contribution is 5.92. The maximum Gasteiger partial charge on any atom is 0.229 e. The van der Waals surface area contributed by atoms with E-state index in [1.165, 1.54) is 19.3 Å². The van der Waals surface area contributed by atoms with Crippen LogP contribution in [0, 0.1) is 23.7 Å². The molecule has 1 heterocycles. The largest absolute Gasteiger partial charge is 0.311 e. The first kappa shape index (κ1) is 11.3. The van der Waals surface area contributed by atoms with Crippen LogP contribution in [0.2, 0.25) is 0 Å². The second-order valence-electron chi connectivity index (χ2n) is 6.22. The molecule has 2 fully saturated rings. The molecule has 0 aliphatic heterocycles. The number of hydrogen-bond donors (Lipinski definition) is 1. The van der Waals surface area contributed by atoms with Crippen LogP contribution in [0.4, 0.5) is 5.82 Å². The molecule has 3 atom stereocenters. The average molecular weight is 257 g/mol. The summed E-state index contributed by atoms with van der Waals surface area (Å²) >= 11 is 0. The molecule has 3 unspecified atom stereocenters. The van der Waals surface area contributed by atoms with Crippen LogP contribution in [0.5, 0.6) is 0 Å². The lowest BCUT2D eigenvalue weighted by Gasteiger charge is -2.18. The first-order chi connectivity index (χ1) is 9.29. The Morgan fingerprint density at radius 2 is 2.26 bits per heavy atom. The molecule has 100 valence electrons. The summed E-state index contributed by atoms with van der Waals surface area (Å²) in [5.41, 5.74) is 0. The summed E-state index contributed by atoms with van der Waals surface area (Å²) in [6, 6.07) is 1.91. The Morgan fingerprint density at radius 1 is 1.37 bits per heavy atom. The van der Waals surface area contributed by atoms with Crippen LogP contribution < -0.4 is 5.32 Å². The molecular weight excluding hydrogens is 238 g/mol. The second kappa shape index (κ2) is 4.22. The van der Waals surface area contributed by atoms with E-state index in [1.807, 2.05) is 10.7 Å². The number of carbonyl (C=O) groups is 1. The number of amides is 1. The molecule has 2 bridgehead atoms. The van der Waals surface area contributed by atoms with Gasteiger partial charge < -0.3 is 5.32 Å². The van der Waals surface area contributed by atoms with Gasteiger partial charge >= 0.3 is 0 Å². The van der Waals surface area contributed by atoms with Gasteiger partial charge in [-0.25, -0.2) is 4.68 Å². The van der Waals surface area contributed by atoms with E-state index in [0.717, 1.165) is 24.7 Å². The zero-order chi connectivity index (χ0) is 12.8. The van der Waals surface area contributed by atoms with Gasteiger partial charge in [-0.2, -0.15) is 5.10 Å². The highest BCUT2D eigenvalue weighted by Gasteiger charge is 2.40. The fraction of sp³-hybridized carbons (Fsp3) is 0.600. The van der Waals surface area contributed by atoms with Crippen molar-refractivity contribution in [3.63, 3.8) is 0 Å². The third-order valence-corrected chi connectivity index (χ3v) is 4.71. The monoisotopic (exact) mass is 257 g/mol. The number of aromatic nitrogens is 2. The molecule has 2 saturated carbocycles. The molecule has 19 heavy (non-hydrogen) atoms. The van der Waals surface area contributed by atoms with Crippen LogP contribution in [-0.4, -0.2) is 15.7 Å². The Morgan fingerprint density at radius 3 is 2.95 bits per heavy atom. The van der Waals surface area contributed by atoms with Crippen LogP contribution in [0.25, 0.3) is 0 Å². The summed E-state index contributed by atoms with van der Waals surface area (Å²) in [6.45, 7) is 0.944. The molecule has 4 heteroatoms. The van der Waals surface area contributed by atoms with E-state index in [-0.39, 0.29) is 11.8 Å². The Labute approximate surface area is 112 Å². The van der Waals surface area contributed by atoms with Gasteiger partial charge in [0.05, 0.1) is 6.20 Å². The van der Waals surface area contributed by atoms with E-state index < -0.39 is 0 Å². The average Bonchev–Trinajstić information content (AvgIpc) is 2.82. The summed E-state index contributed by atoms with van der Waals surface area (Å²) in [7, 11) is 0. The van der Waals surface area contributed by atoms with Crippen LogP contribution in [0.15, 0.2) is 24.4 Å². The number of rotatable bonds is 4. The molecule has 1 N–H and O–H groups in total. The van der Waals surface area contributed by atoms with Gasteiger partial charge in [-0.05, 0) is 43.4 Å². The fourth-order valence-corrected chi connectivity index (χ4v) is 3.43. The molecule has 0 aromatic carbocycles. The minimum atomic E-state index is 0.166. The Balaban J connectivity index is 1.44. The molecule has 0 saturated heterocycles. The molecule has 3 aliphatic rings. The van der Waals surface area contributed by atoms with Crippen molar-refractivity contribution < 1.29 is 4.79 Å². The maximum absolute atomic E-state index is 12.4. The molecule has 1 amide bonds. The van der Waals surface area contributed by atoms with Gasteiger partial charge in [0.15, 0.2) is 0 Å². The van der Waals surface area contributed by atoms with Crippen molar-refractivity contribution in [3.8, 4) is 0 Å². The topological polar surface area (TPSA) is 46.9 Å². The van der Waals surface area contributed by atoms with Crippen molar-refractivity contribution in [1.29, 1.82) is 0 Å². The van der Waals surface area contributed by atoms with Crippen molar-refractivity contribution in [2.24, 2.45) is 23.7 Å². The Kier molecular flexibility index (Phi) is 2.50. The van der Waals surface area contributed by atoms with Gasteiger partial charge in [-0.1, -0.05) is 12.2 Å². The standard InChI is InChI=1S/C15H19N3O/c19-15(13-8-11-3-4-12(13)7-11)17-14-5-6-16-18(14)9-10-1-2-10/h3-6,10-13H,1-2,7-9H2,(H,17,19). The molecule has 1 aromatic heterocycles. The number of carbonyl (C=O) groups excluding carboxylic acids is 1. The highest BCUT2D eigenvalue weighted by atomic mass is 16.2. The predicted molar refractivity (Wildman–Crippen MR) is 72.4 cm³/mol. The molecule has 4 nitrogen and oxygen atoms in total. The summed E-state index contributed by atoms with van der Waals surface area (Å²) in [6.07, 6.45) is 11.0. The van der Waals surface area contributed by atoms with E-state index in [4.69, 9.17) is 0 Å². The van der Waals surface area contributed by atoms with Gasteiger partial charge in [-0.3, -0.25) is 4.79 Å². The van der Waals surface area contributed by atoms with Gasteiger partial charge in [-0.15, -0.1) is 0 Å². The van der Waals surface area contributed by atoms with Gasteiger partial charge in [0, 0.05) is 18.5 Å². The zero-order valence-electron chi connectivity index (χ0n) is 11.0. The summed E-state index contributed by atoms with van der Waals surface area (Å²) in [4.78, 5) is 12.4. The number of anilines is 1. The van der Waals surface area contributed by atoms with E-state index in [2.05, 4.69) is 22.6 Å². The van der Waals surface area contributed by atoms with Crippen LogP contribution in [0.1, 0.15) is 25.7 Å². The number of nitrogens with one attached hydrogen (secondary N) is 1. The van der Waals surface area contributed by atoms with Crippen LogP contribution in [-0.2, 0) is 11.3 Å². The lowest BCUT2D eigenvalue weighted by Crippen LogP contribution is -2.27. The zero-order valence-corrected chi connectivity index (χ0v) is 11.0. The van der Waals surface area contributed by atoms with E-state index >= 15 is 0 Å². The maximum atomic E-state index is 12.4. The van der Waals surface area contributed by atoms with E-state index in [1.54, 1.807) is 6.20 Å². The minimum absolute atomic E-state index is 0.166. The minimum Gasteiger partial charge on any atom is -0.311 e. The van der Waals surface area contributed by atoms with Gasteiger partial charge in [0.25, 0.3) is 0 Å². The summed E-state index contributed by atoms with van der Waals surface area (Å²) < 4.78 is 1.94. The fourth-order valence-electron chi connectivity index (χ4n) is 3.43. The quantitative estimate of drug-likeness (QED) is 0.842. The van der Waals surface area contributed by atoms with Crippen molar-refractivity contribution in [2.45, 2.75) is 32.2 Å². The number of hydrogen-bond acceptors (Lipinski definition) is 2. The SMILES string of the molecule is O=C(Nc1ccnn1CC1CC1)C1CC2C=CC1C2. The smallest absolute Gasteiger partial charge is 0.229 e. The second-order valence-corrected chi connectivity index (χ2v) is 6.22. The summed E-state index contributed by atoms with van der Waals surface area (Å²) in [5, 5.41) is 7.39. The van der Waals surface area contributed by atoms with Crippen LogP contribution >= 0.6 is 0 Å². The lowest BCUT2D eigenvalue weighted by molar-refractivity contribution is -0.120. The van der Waals surface area contributed by atoms with Crippen molar-refractivity contribution in [2.75, 3.05) is 5.32 Å². The Bertz CT molecular complexity index is 529. The number of allylic oxidation sites excluding steroid dienone is 2. The van der Waals surface area contributed by atoms with Gasteiger partial charge in [0.1, 0.15) is 5.82 Å². The first-order valence-corrected chi connectivity index (χ1v) is 7.30. The van der Waals surface area contributed by atoms with E-state index in [0.29, 0.717) is 11.8 Å². The van der Waals surface area contributed by atoms with Crippen molar-refractivity contribution in [3.05, 3.63) is 24.4 Å². The third kappa shape index (κ3) is 2.09. The molecule has 1 aromatic rings. The number of nitrogens with zero attached hydrogens (tertiary/aromatic N) is 2. The third-order valence-electron chi connectivity index (χ3n) is 4.71. The molecular formula is C15H19N3O. The Hall–Kier alpha value is -1.58. The normalized spacial score (nSPS) is 31.9. The number of fused-ring (bicyclic) bond motifs is 2. The van der Waals surface area contributed by atoms with Gasteiger partial charge in [0.2, 0.25) is 5.91 Å². The molecule has 0 radical (unpaired) electrons. The summed E-state index contributed by atoms with van der Waals surface area (Å²) in [5.74, 6) is 3.07. The molecule has 4 rings (SSSR count). The molecule has 3 aliphatic carbocycles. The van der Waals surface area contributed by atoms with Crippen molar-refractivity contribution >= 4 is 11.7 Å². The first-order valence-electron chi connectivity index (χ1n) is 7.30. The molecule has 0 spiro atoms. The highest BCUT2D eigenvalue weighted by Crippen LogP contribution is 2.43. The van der Waals surface area contributed by atoms with Crippen molar-refractivity contribution in [1.82, 2.24) is 9.78 Å². The predicted octanol–water partition coefficient (Wildman–Crippen LogP) is 2.44.